The van der Waals surface area contributed by atoms with Crippen LogP contribution in [0.15, 0.2) is 49.1 Å². The minimum Gasteiger partial charge on any atom is -0.374 e. The minimum absolute atomic E-state index is 0.624. The number of hydrogen-bond acceptors (Lipinski definition) is 5. The second-order valence-corrected chi connectivity index (χ2v) is 2.65. The molecule has 2 aromatic rings. The third kappa shape index (κ3) is 2.92. The number of nitrogens with one attached hydrogen (secondary N) is 1. The largest absolute Gasteiger partial charge is 0.374 e. The second kappa shape index (κ2) is 4.92. The Bertz CT molecular complexity index is 354. The average molecular weight is 203 g/mol. The van der Waals surface area contributed by atoms with E-state index in [0.717, 1.165) is 0 Å². The van der Waals surface area contributed by atoms with Gasteiger partial charge in [0, 0.05) is 54.7 Å². The standard InChI is InChI=1S/C10H9N3O2/c1-5-11-6-2-9(1)14-13-15-10-3-7-12-8-4-10/h1-8,13H. The lowest BCUT2D eigenvalue weighted by atomic mass is 10.5. The molecule has 0 amide bonds. The molecule has 0 aliphatic heterocycles. The molecule has 0 aliphatic rings. The van der Waals surface area contributed by atoms with Crippen LogP contribution in [0.3, 0.4) is 0 Å². The van der Waals surface area contributed by atoms with Gasteiger partial charge in [0.05, 0.1) is 0 Å². The van der Waals surface area contributed by atoms with E-state index < -0.39 is 0 Å². The van der Waals surface area contributed by atoms with Gasteiger partial charge in [-0.1, -0.05) is 0 Å². The van der Waals surface area contributed by atoms with Crippen LogP contribution in [0.4, 0.5) is 0 Å². The van der Waals surface area contributed by atoms with E-state index in [4.69, 9.17) is 9.68 Å². The van der Waals surface area contributed by atoms with Crippen LogP contribution in [0.1, 0.15) is 0 Å². The molecule has 0 saturated carbocycles. The Morgan fingerprint density at radius 1 is 0.733 bits per heavy atom. The van der Waals surface area contributed by atoms with Crippen molar-refractivity contribution < 1.29 is 9.68 Å². The summed E-state index contributed by atoms with van der Waals surface area (Å²) in [5, 5.41) is 0. The first-order chi connectivity index (χ1) is 7.45. The van der Waals surface area contributed by atoms with Crippen LogP contribution in [0.5, 0.6) is 11.5 Å². The van der Waals surface area contributed by atoms with Crippen molar-refractivity contribution in [1.29, 1.82) is 0 Å². The third-order valence-electron chi connectivity index (χ3n) is 1.62. The average Bonchev–Trinajstić information content (AvgIpc) is 2.32. The summed E-state index contributed by atoms with van der Waals surface area (Å²) in [6.07, 6.45) is 6.51. The summed E-state index contributed by atoms with van der Waals surface area (Å²) in [7, 11) is 0. The third-order valence-corrected chi connectivity index (χ3v) is 1.62. The first-order valence-corrected chi connectivity index (χ1v) is 4.34. The molecular weight excluding hydrogens is 194 g/mol. The molecule has 15 heavy (non-hydrogen) atoms. The first-order valence-electron chi connectivity index (χ1n) is 4.34. The monoisotopic (exact) mass is 203 g/mol. The van der Waals surface area contributed by atoms with Crippen molar-refractivity contribution >= 4 is 0 Å². The Morgan fingerprint density at radius 2 is 1.13 bits per heavy atom. The molecule has 0 fully saturated rings. The van der Waals surface area contributed by atoms with E-state index >= 15 is 0 Å². The lowest BCUT2D eigenvalue weighted by Crippen LogP contribution is -2.22. The maximum Gasteiger partial charge on any atom is 0.154 e. The van der Waals surface area contributed by atoms with Gasteiger partial charge in [0.2, 0.25) is 0 Å². The van der Waals surface area contributed by atoms with Gasteiger partial charge in [-0.15, -0.1) is 0 Å². The molecule has 0 unspecified atom stereocenters. The number of nitrogens with zero attached hydrogens (tertiary/aromatic N) is 2. The molecule has 76 valence electrons. The predicted molar refractivity (Wildman–Crippen MR) is 52.9 cm³/mol. The van der Waals surface area contributed by atoms with E-state index in [1.807, 2.05) is 0 Å². The van der Waals surface area contributed by atoms with Crippen molar-refractivity contribution in [3.8, 4) is 11.5 Å². The zero-order valence-corrected chi connectivity index (χ0v) is 7.83. The Morgan fingerprint density at radius 3 is 1.53 bits per heavy atom. The fourth-order valence-corrected chi connectivity index (χ4v) is 0.930. The lowest BCUT2D eigenvalue weighted by molar-refractivity contribution is -0.0192. The van der Waals surface area contributed by atoms with Crippen molar-refractivity contribution in [2.75, 3.05) is 0 Å². The van der Waals surface area contributed by atoms with Crippen LogP contribution in [0.25, 0.3) is 0 Å². The van der Waals surface area contributed by atoms with Crippen molar-refractivity contribution in [2.24, 2.45) is 0 Å². The van der Waals surface area contributed by atoms with Gasteiger partial charge in [-0.05, 0) is 0 Å². The highest BCUT2D eigenvalue weighted by Crippen LogP contribution is 2.07. The molecule has 0 radical (unpaired) electrons. The van der Waals surface area contributed by atoms with Gasteiger partial charge < -0.3 is 9.68 Å². The number of rotatable bonds is 4. The minimum atomic E-state index is 0.624. The van der Waals surface area contributed by atoms with E-state index in [1.165, 1.54) is 0 Å². The van der Waals surface area contributed by atoms with Crippen LogP contribution in [-0.4, -0.2) is 9.97 Å². The van der Waals surface area contributed by atoms with Crippen LogP contribution in [0.2, 0.25) is 0 Å². The van der Waals surface area contributed by atoms with Crippen molar-refractivity contribution in [3.63, 3.8) is 0 Å². The number of hydrogen-bond donors (Lipinski definition) is 1. The summed E-state index contributed by atoms with van der Waals surface area (Å²) in [5.74, 6) is 1.25. The number of pyridine rings is 2. The molecule has 2 rings (SSSR count). The van der Waals surface area contributed by atoms with Gasteiger partial charge in [0.25, 0.3) is 0 Å². The normalized spacial score (nSPS) is 9.60. The molecular formula is C10H9N3O2. The summed E-state index contributed by atoms with van der Waals surface area (Å²) in [6, 6.07) is 6.84. The van der Waals surface area contributed by atoms with E-state index in [1.54, 1.807) is 49.1 Å². The summed E-state index contributed by atoms with van der Waals surface area (Å²) in [5.41, 5.74) is 2.36. The summed E-state index contributed by atoms with van der Waals surface area (Å²) in [6.45, 7) is 0. The Kier molecular flexibility index (Phi) is 3.09. The maximum absolute atomic E-state index is 5.08. The van der Waals surface area contributed by atoms with Gasteiger partial charge in [-0.3, -0.25) is 9.97 Å². The molecule has 0 atom stereocenters. The highest BCUT2D eigenvalue weighted by Gasteiger charge is 1.93. The van der Waals surface area contributed by atoms with Gasteiger partial charge >= 0.3 is 0 Å². The smallest absolute Gasteiger partial charge is 0.154 e. The van der Waals surface area contributed by atoms with E-state index in [9.17, 15) is 0 Å². The van der Waals surface area contributed by atoms with Crippen molar-refractivity contribution in [1.82, 2.24) is 15.6 Å². The summed E-state index contributed by atoms with van der Waals surface area (Å²) < 4.78 is 0. The molecule has 0 aromatic carbocycles. The topological polar surface area (TPSA) is 56.3 Å². The second-order valence-electron chi connectivity index (χ2n) is 2.65. The fraction of sp³-hybridized carbons (Fsp3) is 0. The van der Waals surface area contributed by atoms with Gasteiger partial charge in [0.1, 0.15) is 0 Å². The zero-order valence-electron chi connectivity index (χ0n) is 7.83. The summed E-state index contributed by atoms with van der Waals surface area (Å²) >= 11 is 0. The van der Waals surface area contributed by atoms with E-state index in [2.05, 4.69) is 15.6 Å². The molecule has 0 saturated heterocycles. The Labute approximate surface area is 86.6 Å². The van der Waals surface area contributed by atoms with Crippen LogP contribution in [-0.2, 0) is 0 Å². The SMILES string of the molecule is c1cc(ONOc2ccncc2)ccn1. The highest BCUT2D eigenvalue weighted by atomic mass is 16.9. The highest BCUT2D eigenvalue weighted by molar-refractivity contribution is 5.17. The van der Waals surface area contributed by atoms with Gasteiger partial charge in [0.15, 0.2) is 11.5 Å². The van der Waals surface area contributed by atoms with E-state index in [0.29, 0.717) is 11.5 Å². The molecule has 2 heterocycles. The summed E-state index contributed by atoms with van der Waals surface area (Å²) in [4.78, 5) is 17.9. The Hall–Kier alpha value is -2.14. The van der Waals surface area contributed by atoms with Crippen LogP contribution in [0, 0.1) is 0 Å². The molecule has 5 heteroatoms. The maximum atomic E-state index is 5.08. The number of aromatic nitrogens is 2. The van der Waals surface area contributed by atoms with Crippen LogP contribution >= 0.6 is 0 Å². The van der Waals surface area contributed by atoms with Crippen molar-refractivity contribution in [3.05, 3.63) is 49.1 Å². The molecule has 0 aliphatic carbocycles. The fourth-order valence-electron chi connectivity index (χ4n) is 0.930. The van der Waals surface area contributed by atoms with Gasteiger partial charge in [-0.25, -0.2) is 0 Å². The van der Waals surface area contributed by atoms with Gasteiger partial charge in [-0.2, -0.15) is 0 Å². The van der Waals surface area contributed by atoms with E-state index in [-0.39, 0.29) is 0 Å². The quantitative estimate of drug-likeness (QED) is 0.760. The lowest BCUT2D eigenvalue weighted by Gasteiger charge is -2.06. The first kappa shape index (κ1) is 9.42. The van der Waals surface area contributed by atoms with Crippen LogP contribution < -0.4 is 15.3 Å². The van der Waals surface area contributed by atoms with Crippen molar-refractivity contribution in [2.45, 2.75) is 0 Å². The molecule has 5 nitrogen and oxygen atoms in total. The Balaban J connectivity index is 1.81. The molecule has 0 spiro atoms. The zero-order chi connectivity index (χ0) is 10.3. The molecule has 1 N–H and O–H groups in total. The predicted octanol–water partition coefficient (Wildman–Crippen LogP) is 1.35. The molecule has 0 bridgehead atoms. The molecule has 2 aromatic heterocycles.